The Bertz CT molecular complexity index is 714. The number of hydrogen-bond donors (Lipinski definition) is 2. The van der Waals surface area contributed by atoms with E-state index >= 15 is 0 Å². The van der Waals surface area contributed by atoms with Crippen LogP contribution in [0.25, 0.3) is 0 Å². The van der Waals surface area contributed by atoms with Gasteiger partial charge in [-0.15, -0.1) is 23.1 Å². The standard InChI is InChI=1S/C22H36N2O5S2/c1-14(2)10-11-17(25)24(19(22(5,6)7)21(27)29-15(3)4)16(20(26)23-28)13-31-18-9-8-12-30-18/h8-9,12,14-16,19,28H,10-11,13H2,1-7H3,(H,23,26)/t16-,19-/m1/s1. The summed E-state index contributed by atoms with van der Waals surface area (Å²) in [6.45, 7) is 13.0. The van der Waals surface area contributed by atoms with Crippen LogP contribution in [0.15, 0.2) is 21.7 Å². The highest BCUT2D eigenvalue weighted by molar-refractivity contribution is 8.01. The van der Waals surface area contributed by atoms with Crippen LogP contribution in [-0.4, -0.2) is 51.8 Å². The third-order valence-electron chi connectivity index (χ3n) is 4.52. The summed E-state index contributed by atoms with van der Waals surface area (Å²) in [5, 5.41) is 11.3. The smallest absolute Gasteiger partial charge is 0.329 e. The van der Waals surface area contributed by atoms with Crippen LogP contribution in [0.3, 0.4) is 0 Å². The summed E-state index contributed by atoms with van der Waals surface area (Å²) in [5.41, 5.74) is 0.993. The molecule has 0 aliphatic rings. The maximum Gasteiger partial charge on any atom is 0.329 e. The van der Waals surface area contributed by atoms with Gasteiger partial charge in [0.05, 0.1) is 10.3 Å². The lowest BCUT2D eigenvalue weighted by atomic mass is 9.84. The highest BCUT2D eigenvalue weighted by Crippen LogP contribution is 2.32. The van der Waals surface area contributed by atoms with Crippen molar-refractivity contribution in [2.75, 3.05) is 5.75 Å². The number of hydrogen-bond acceptors (Lipinski definition) is 7. The van der Waals surface area contributed by atoms with E-state index < -0.39 is 29.4 Å². The van der Waals surface area contributed by atoms with Crippen LogP contribution in [0.1, 0.15) is 61.3 Å². The molecule has 0 spiro atoms. The molecule has 0 unspecified atom stereocenters. The first kappa shape index (κ1) is 27.5. The normalized spacial score (nSPS) is 13.7. The Labute approximate surface area is 193 Å². The number of hydroxylamine groups is 1. The van der Waals surface area contributed by atoms with E-state index in [1.165, 1.54) is 28.0 Å². The van der Waals surface area contributed by atoms with Crippen molar-refractivity contribution in [3.8, 4) is 0 Å². The van der Waals surface area contributed by atoms with Crippen LogP contribution in [0.2, 0.25) is 0 Å². The van der Waals surface area contributed by atoms with Gasteiger partial charge in [-0.2, -0.15) is 0 Å². The van der Waals surface area contributed by atoms with Crippen molar-refractivity contribution in [1.29, 1.82) is 0 Å². The fourth-order valence-corrected chi connectivity index (χ4v) is 4.98. The molecule has 2 N–H and O–H groups in total. The van der Waals surface area contributed by atoms with Crippen molar-refractivity contribution >= 4 is 40.9 Å². The zero-order chi connectivity index (χ0) is 23.8. The van der Waals surface area contributed by atoms with Crippen molar-refractivity contribution in [3.63, 3.8) is 0 Å². The number of carbonyl (C=O) groups is 3. The second-order valence-electron chi connectivity index (χ2n) is 9.22. The average molecular weight is 473 g/mol. The molecule has 9 heteroatoms. The van der Waals surface area contributed by atoms with Gasteiger partial charge in [-0.3, -0.25) is 14.8 Å². The van der Waals surface area contributed by atoms with Crippen molar-refractivity contribution in [2.45, 2.75) is 83.7 Å². The van der Waals surface area contributed by atoms with E-state index in [0.29, 0.717) is 6.42 Å². The van der Waals surface area contributed by atoms with Gasteiger partial charge in [0.15, 0.2) is 0 Å². The van der Waals surface area contributed by atoms with E-state index in [1.807, 2.05) is 52.1 Å². The van der Waals surface area contributed by atoms with Gasteiger partial charge < -0.3 is 9.64 Å². The van der Waals surface area contributed by atoms with Crippen LogP contribution >= 0.6 is 23.1 Å². The molecule has 0 aliphatic carbocycles. The van der Waals surface area contributed by atoms with Gasteiger partial charge in [0.1, 0.15) is 12.1 Å². The zero-order valence-corrected chi connectivity index (χ0v) is 21.1. The summed E-state index contributed by atoms with van der Waals surface area (Å²) in [4.78, 5) is 40.6. The van der Waals surface area contributed by atoms with Gasteiger partial charge in [0.25, 0.3) is 5.91 Å². The second-order valence-corrected chi connectivity index (χ2v) is 11.5. The van der Waals surface area contributed by atoms with E-state index in [-0.39, 0.29) is 30.1 Å². The quantitative estimate of drug-likeness (QED) is 0.215. The summed E-state index contributed by atoms with van der Waals surface area (Å²) in [7, 11) is 0. The minimum Gasteiger partial charge on any atom is -0.461 e. The lowest BCUT2D eigenvalue weighted by Crippen LogP contribution is -2.61. The number of rotatable bonds is 11. The third-order valence-corrected chi connectivity index (χ3v) is 6.73. The van der Waals surface area contributed by atoms with Gasteiger partial charge in [-0.1, -0.05) is 40.7 Å². The molecule has 1 aromatic heterocycles. The number of ether oxygens (including phenoxy) is 1. The van der Waals surface area contributed by atoms with Gasteiger partial charge in [-0.05, 0) is 43.0 Å². The molecule has 0 aliphatic heterocycles. The van der Waals surface area contributed by atoms with Gasteiger partial charge >= 0.3 is 5.97 Å². The number of esters is 1. The summed E-state index contributed by atoms with van der Waals surface area (Å²) < 4.78 is 6.45. The van der Waals surface area contributed by atoms with E-state index in [9.17, 15) is 19.6 Å². The lowest BCUT2D eigenvalue weighted by molar-refractivity contribution is -0.167. The first-order valence-corrected chi connectivity index (χ1v) is 12.4. The summed E-state index contributed by atoms with van der Waals surface area (Å²) in [6, 6.07) is 1.79. The molecule has 0 saturated carbocycles. The van der Waals surface area contributed by atoms with Crippen LogP contribution in [-0.2, 0) is 19.1 Å². The summed E-state index contributed by atoms with van der Waals surface area (Å²) >= 11 is 2.92. The minimum absolute atomic E-state index is 0.193. The SMILES string of the molecule is CC(C)CCC(=O)N([C@H](CSc1cccs1)C(=O)NO)[C@H](C(=O)OC(C)C)C(C)(C)C. The van der Waals surface area contributed by atoms with Crippen LogP contribution in [0.4, 0.5) is 0 Å². The maximum absolute atomic E-state index is 13.4. The predicted octanol–water partition coefficient (Wildman–Crippen LogP) is 4.35. The molecule has 7 nitrogen and oxygen atoms in total. The van der Waals surface area contributed by atoms with E-state index in [0.717, 1.165) is 4.21 Å². The molecule has 1 heterocycles. The number of thiophene rings is 1. The third kappa shape index (κ3) is 8.82. The molecular weight excluding hydrogens is 436 g/mol. The summed E-state index contributed by atoms with van der Waals surface area (Å²) in [6.07, 6.45) is 0.449. The molecule has 0 radical (unpaired) electrons. The molecule has 176 valence electrons. The Morgan fingerprint density at radius 1 is 1.23 bits per heavy atom. The van der Waals surface area contributed by atoms with Gasteiger partial charge in [0, 0.05) is 12.2 Å². The number of nitrogens with zero attached hydrogens (tertiary/aromatic N) is 1. The fourth-order valence-electron chi connectivity index (χ4n) is 3.08. The van der Waals surface area contributed by atoms with E-state index in [4.69, 9.17) is 4.74 Å². The second kappa shape index (κ2) is 12.5. The molecule has 2 atom stereocenters. The van der Waals surface area contributed by atoms with Gasteiger partial charge in [0.2, 0.25) is 5.91 Å². The number of thioether (sulfide) groups is 1. The molecular formula is C22H36N2O5S2. The Balaban J connectivity index is 3.40. The Morgan fingerprint density at radius 3 is 2.32 bits per heavy atom. The van der Waals surface area contributed by atoms with Crippen molar-refractivity contribution in [3.05, 3.63) is 17.5 Å². The average Bonchev–Trinajstić information content (AvgIpc) is 3.16. The first-order valence-electron chi connectivity index (χ1n) is 10.5. The lowest BCUT2D eigenvalue weighted by Gasteiger charge is -2.42. The number of amides is 2. The Hall–Kier alpha value is -1.58. The molecule has 2 amide bonds. The molecule has 1 aromatic rings. The number of nitrogens with one attached hydrogen (secondary N) is 1. The van der Waals surface area contributed by atoms with Gasteiger partial charge in [-0.25, -0.2) is 10.3 Å². The minimum atomic E-state index is -1.04. The number of carbonyl (C=O) groups excluding carboxylic acids is 3. The first-order chi connectivity index (χ1) is 14.4. The summed E-state index contributed by atoms with van der Waals surface area (Å²) in [5.74, 6) is -1.12. The highest BCUT2D eigenvalue weighted by atomic mass is 32.2. The monoisotopic (exact) mass is 472 g/mol. The van der Waals surface area contributed by atoms with Crippen LogP contribution < -0.4 is 5.48 Å². The molecule has 0 bridgehead atoms. The molecule has 0 aromatic carbocycles. The molecule has 1 rings (SSSR count). The topological polar surface area (TPSA) is 95.9 Å². The van der Waals surface area contributed by atoms with Crippen LogP contribution in [0, 0.1) is 11.3 Å². The van der Waals surface area contributed by atoms with Crippen molar-refractivity contribution < 1.29 is 24.3 Å². The highest BCUT2D eigenvalue weighted by Gasteiger charge is 2.45. The van der Waals surface area contributed by atoms with Crippen LogP contribution in [0.5, 0.6) is 0 Å². The maximum atomic E-state index is 13.4. The van der Waals surface area contributed by atoms with Crippen molar-refractivity contribution in [1.82, 2.24) is 10.4 Å². The molecule has 0 saturated heterocycles. The Morgan fingerprint density at radius 2 is 1.87 bits per heavy atom. The zero-order valence-electron chi connectivity index (χ0n) is 19.5. The predicted molar refractivity (Wildman–Crippen MR) is 124 cm³/mol. The van der Waals surface area contributed by atoms with Crippen molar-refractivity contribution in [2.24, 2.45) is 11.3 Å². The molecule has 31 heavy (non-hydrogen) atoms. The largest absolute Gasteiger partial charge is 0.461 e. The van der Waals surface area contributed by atoms with E-state index in [2.05, 4.69) is 0 Å². The fraction of sp³-hybridized carbons (Fsp3) is 0.682. The Kier molecular flexibility index (Phi) is 11.0. The van der Waals surface area contributed by atoms with E-state index in [1.54, 1.807) is 19.3 Å². The molecule has 0 fully saturated rings.